The first-order valence-corrected chi connectivity index (χ1v) is 13.2. The summed E-state index contributed by atoms with van der Waals surface area (Å²) in [5.74, 6) is -1.39. The summed E-state index contributed by atoms with van der Waals surface area (Å²) in [5, 5.41) is 0. The molecule has 0 radical (unpaired) electrons. The van der Waals surface area contributed by atoms with Gasteiger partial charge in [0, 0.05) is 6.42 Å². The van der Waals surface area contributed by atoms with Crippen LogP contribution in [0.5, 0.6) is 0 Å². The van der Waals surface area contributed by atoms with Gasteiger partial charge in [-0.2, -0.15) is 0 Å². The summed E-state index contributed by atoms with van der Waals surface area (Å²) in [6, 6.07) is 0. The second-order valence-corrected chi connectivity index (χ2v) is 9.48. The number of hydrogen-bond donors (Lipinski definition) is 0. The molecule has 0 N–H and O–H groups in total. The van der Waals surface area contributed by atoms with Crippen molar-refractivity contribution in [3.05, 3.63) is 0 Å². The zero-order valence-electron chi connectivity index (χ0n) is 20.1. The van der Waals surface area contributed by atoms with Crippen LogP contribution in [0.15, 0.2) is 0 Å². The van der Waals surface area contributed by atoms with Gasteiger partial charge < -0.3 is 14.2 Å². The van der Waals surface area contributed by atoms with Gasteiger partial charge >= 0.3 is 11.9 Å². The predicted octanol–water partition coefficient (Wildman–Crippen LogP) is 6.37. The summed E-state index contributed by atoms with van der Waals surface area (Å²) in [5.41, 5.74) is 0. The Labute approximate surface area is 190 Å². The first-order valence-electron chi connectivity index (χ1n) is 13.2. The molecule has 3 fully saturated rings. The molecule has 0 aromatic carbocycles. The highest BCUT2D eigenvalue weighted by atomic mass is 16.6. The topological polar surface area (TPSA) is 61.8 Å². The normalized spacial score (nSPS) is 24.5. The van der Waals surface area contributed by atoms with E-state index < -0.39 is 11.8 Å². The van der Waals surface area contributed by atoms with Crippen LogP contribution in [0.3, 0.4) is 0 Å². The van der Waals surface area contributed by atoms with E-state index in [1.807, 2.05) is 0 Å². The molecule has 3 aliphatic rings. The quantitative estimate of drug-likeness (QED) is 0.184. The van der Waals surface area contributed by atoms with Gasteiger partial charge in [-0.3, -0.25) is 9.59 Å². The van der Waals surface area contributed by atoms with E-state index in [9.17, 15) is 9.59 Å². The molecule has 0 aromatic rings. The zero-order chi connectivity index (χ0) is 22.3. The summed E-state index contributed by atoms with van der Waals surface area (Å²) in [4.78, 5) is 25.4. The van der Waals surface area contributed by atoms with E-state index in [2.05, 4.69) is 13.8 Å². The smallest absolute Gasteiger partial charge is 0.312 e. The molecule has 0 spiro atoms. The lowest BCUT2D eigenvalue weighted by atomic mass is 9.72. The van der Waals surface area contributed by atoms with E-state index in [0.717, 1.165) is 32.1 Å². The highest BCUT2D eigenvalue weighted by Crippen LogP contribution is 2.43. The number of fused-ring (bicyclic) bond motifs is 2. The Morgan fingerprint density at radius 3 is 1.65 bits per heavy atom. The van der Waals surface area contributed by atoms with Gasteiger partial charge in [0.2, 0.25) is 0 Å². The number of carbonyl (C=O) groups excluding carboxylic acids is 2. The van der Waals surface area contributed by atoms with Gasteiger partial charge in [0.25, 0.3) is 0 Å². The second kappa shape index (κ2) is 15.7. The molecule has 4 unspecified atom stereocenters. The lowest BCUT2D eigenvalue weighted by Crippen LogP contribution is -2.57. The van der Waals surface area contributed by atoms with Crippen LogP contribution in [0.1, 0.15) is 117 Å². The zero-order valence-corrected chi connectivity index (χ0v) is 20.1. The Hall–Kier alpha value is -1.10. The van der Waals surface area contributed by atoms with Crippen LogP contribution in [0.2, 0.25) is 0 Å². The van der Waals surface area contributed by atoms with E-state index in [0.29, 0.717) is 19.6 Å². The third-order valence-electron chi connectivity index (χ3n) is 6.77. The van der Waals surface area contributed by atoms with Crippen LogP contribution in [0, 0.1) is 11.8 Å². The average molecular weight is 439 g/mol. The third kappa shape index (κ3) is 9.51. The number of ether oxygens (including phenoxy) is 3. The molecule has 5 nitrogen and oxygen atoms in total. The van der Waals surface area contributed by atoms with Crippen molar-refractivity contribution in [1.29, 1.82) is 0 Å². The minimum Gasteiger partial charge on any atom is -0.465 e. The molecule has 4 atom stereocenters. The van der Waals surface area contributed by atoms with Crippen molar-refractivity contribution in [3.8, 4) is 0 Å². The summed E-state index contributed by atoms with van der Waals surface area (Å²) in [7, 11) is 0. The molecule has 180 valence electrons. The molecule has 2 heterocycles. The van der Waals surface area contributed by atoms with Crippen molar-refractivity contribution in [2.24, 2.45) is 11.8 Å². The molecule has 3 rings (SSSR count). The van der Waals surface area contributed by atoms with Gasteiger partial charge in [0.15, 0.2) is 0 Å². The molecule has 0 amide bonds. The van der Waals surface area contributed by atoms with Crippen molar-refractivity contribution in [2.45, 2.75) is 129 Å². The van der Waals surface area contributed by atoms with Crippen LogP contribution in [0.25, 0.3) is 0 Å². The first kappa shape index (κ1) is 26.2. The Balaban J connectivity index is 1.62. The van der Waals surface area contributed by atoms with Crippen molar-refractivity contribution in [3.63, 3.8) is 0 Å². The van der Waals surface area contributed by atoms with Gasteiger partial charge in [-0.15, -0.1) is 0 Å². The Morgan fingerprint density at radius 1 is 0.677 bits per heavy atom. The molecule has 2 saturated heterocycles. The molecule has 31 heavy (non-hydrogen) atoms. The lowest BCUT2D eigenvalue weighted by Gasteiger charge is -2.48. The fourth-order valence-corrected chi connectivity index (χ4v) is 4.79. The highest BCUT2D eigenvalue weighted by Gasteiger charge is 2.54. The minimum absolute atomic E-state index is 0.105. The number of hydrogen-bond acceptors (Lipinski definition) is 5. The van der Waals surface area contributed by atoms with Gasteiger partial charge in [0.05, 0.1) is 37.3 Å². The highest BCUT2D eigenvalue weighted by molar-refractivity contribution is 5.83. The van der Waals surface area contributed by atoms with Gasteiger partial charge in [-0.05, 0) is 19.3 Å². The molecule has 5 heteroatoms. The molecule has 1 aliphatic carbocycles. The first-order chi connectivity index (χ1) is 15.2. The molecule has 2 aliphatic heterocycles. The molecular formula is C26H46O5. The Morgan fingerprint density at radius 2 is 1.13 bits per heavy atom. The molecule has 0 aromatic heterocycles. The Kier molecular flexibility index (Phi) is 13.2. The van der Waals surface area contributed by atoms with Crippen molar-refractivity contribution in [2.75, 3.05) is 13.2 Å². The Bertz CT molecular complexity index is 500. The maximum Gasteiger partial charge on any atom is 0.312 e. The standard InChI is InChI=1S/C26H46O5/c1-3-5-7-9-11-13-15-17-29-25(27)22-19-21-20-23(31-21)24(22)26(28)30-18-16-14-12-10-8-6-4-2/h21-24H,3-20H2,1-2H3. The summed E-state index contributed by atoms with van der Waals surface area (Å²) in [6.07, 6.45) is 18.0. The number of carbonyl (C=O) groups is 2. The van der Waals surface area contributed by atoms with Crippen LogP contribution in [0.4, 0.5) is 0 Å². The number of esters is 2. The van der Waals surface area contributed by atoms with Crippen LogP contribution >= 0.6 is 0 Å². The van der Waals surface area contributed by atoms with Crippen LogP contribution in [-0.2, 0) is 23.8 Å². The van der Waals surface area contributed by atoms with E-state index in [1.54, 1.807) is 0 Å². The SMILES string of the molecule is CCCCCCCCCOC(=O)C1CC2CC(O2)C1C(=O)OCCCCCCCCC. The van der Waals surface area contributed by atoms with Crippen molar-refractivity contribution in [1.82, 2.24) is 0 Å². The van der Waals surface area contributed by atoms with E-state index in [-0.39, 0.29) is 24.1 Å². The fourth-order valence-electron chi connectivity index (χ4n) is 4.79. The van der Waals surface area contributed by atoms with Gasteiger partial charge in [-0.25, -0.2) is 0 Å². The maximum absolute atomic E-state index is 12.7. The summed E-state index contributed by atoms with van der Waals surface area (Å²) < 4.78 is 16.8. The fraction of sp³-hybridized carbons (Fsp3) is 0.923. The second-order valence-electron chi connectivity index (χ2n) is 9.48. The minimum atomic E-state index is -0.490. The van der Waals surface area contributed by atoms with Crippen LogP contribution in [-0.4, -0.2) is 37.4 Å². The van der Waals surface area contributed by atoms with E-state index in [1.165, 1.54) is 64.2 Å². The number of rotatable bonds is 18. The van der Waals surface area contributed by atoms with Gasteiger partial charge in [0.1, 0.15) is 0 Å². The molecule has 1 saturated carbocycles. The largest absolute Gasteiger partial charge is 0.465 e. The monoisotopic (exact) mass is 438 g/mol. The summed E-state index contributed by atoms with van der Waals surface area (Å²) >= 11 is 0. The maximum atomic E-state index is 12.7. The van der Waals surface area contributed by atoms with Crippen LogP contribution < -0.4 is 0 Å². The third-order valence-corrected chi connectivity index (χ3v) is 6.77. The van der Waals surface area contributed by atoms with Crippen molar-refractivity contribution >= 4 is 11.9 Å². The predicted molar refractivity (Wildman–Crippen MR) is 123 cm³/mol. The average Bonchev–Trinajstić information content (AvgIpc) is 2.76. The van der Waals surface area contributed by atoms with Crippen molar-refractivity contribution < 1.29 is 23.8 Å². The van der Waals surface area contributed by atoms with E-state index >= 15 is 0 Å². The molecule has 2 bridgehead atoms. The molecular weight excluding hydrogens is 392 g/mol. The summed E-state index contributed by atoms with van der Waals surface area (Å²) in [6.45, 7) is 5.34. The number of unbranched alkanes of at least 4 members (excludes halogenated alkanes) is 12. The lowest BCUT2D eigenvalue weighted by molar-refractivity contribution is -0.222. The van der Waals surface area contributed by atoms with E-state index in [4.69, 9.17) is 14.2 Å². The van der Waals surface area contributed by atoms with Gasteiger partial charge in [-0.1, -0.05) is 90.9 Å².